The van der Waals surface area contributed by atoms with Crippen LogP contribution in [-0.2, 0) is 17.6 Å². The minimum Gasteiger partial charge on any atom is -0.342 e. The first-order chi connectivity index (χ1) is 15.6. The quantitative estimate of drug-likeness (QED) is 0.233. The summed E-state index contributed by atoms with van der Waals surface area (Å²) in [4.78, 5) is 13.3. The molecule has 0 aliphatic heterocycles. The van der Waals surface area contributed by atoms with Crippen LogP contribution in [0.3, 0.4) is 0 Å². The molecular formula is C30H35NO. The molecule has 0 bridgehead atoms. The molecule has 166 valence electrons. The van der Waals surface area contributed by atoms with Crippen LogP contribution in [0.15, 0.2) is 85.5 Å². The van der Waals surface area contributed by atoms with Crippen molar-refractivity contribution >= 4 is 5.91 Å². The lowest BCUT2D eigenvalue weighted by Gasteiger charge is -2.14. The number of nitrogens with zero attached hydrogens (tertiary/aromatic N) is 1. The Morgan fingerprint density at radius 2 is 1.12 bits per heavy atom. The highest BCUT2D eigenvalue weighted by molar-refractivity contribution is 5.86. The summed E-state index contributed by atoms with van der Waals surface area (Å²) >= 11 is 0. The molecule has 0 aliphatic rings. The molecule has 0 saturated carbocycles. The summed E-state index contributed by atoms with van der Waals surface area (Å²) in [6.45, 7) is 6.52. The number of hydrogen-bond donors (Lipinski definition) is 0. The minimum atomic E-state index is -0.0216. The van der Waals surface area contributed by atoms with E-state index < -0.39 is 0 Å². The summed E-state index contributed by atoms with van der Waals surface area (Å²) in [5, 5.41) is 0. The van der Waals surface area contributed by atoms with E-state index in [0.29, 0.717) is 0 Å². The molecule has 0 aromatic heterocycles. The number of carbonyl (C=O) groups is 1. The van der Waals surface area contributed by atoms with Gasteiger partial charge in [0.15, 0.2) is 0 Å². The molecule has 0 spiro atoms. The van der Waals surface area contributed by atoms with Gasteiger partial charge in [0.1, 0.15) is 0 Å². The van der Waals surface area contributed by atoms with Gasteiger partial charge < -0.3 is 4.90 Å². The van der Waals surface area contributed by atoms with E-state index in [1.54, 1.807) is 4.90 Å². The second kappa shape index (κ2) is 12.0. The van der Waals surface area contributed by atoms with Gasteiger partial charge in [-0.15, -0.1) is 0 Å². The molecule has 3 rings (SSSR count). The van der Waals surface area contributed by atoms with Crippen molar-refractivity contribution in [3.05, 3.63) is 96.6 Å². The molecule has 1 amide bonds. The molecular weight excluding hydrogens is 390 g/mol. The Kier molecular flexibility index (Phi) is 8.86. The number of benzene rings is 3. The number of rotatable bonds is 11. The van der Waals surface area contributed by atoms with Crippen LogP contribution >= 0.6 is 0 Å². The number of hydrogen-bond acceptors (Lipinski definition) is 1. The molecule has 32 heavy (non-hydrogen) atoms. The maximum absolute atomic E-state index is 11.5. The van der Waals surface area contributed by atoms with E-state index in [9.17, 15) is 4.79 Å². The topological polar surface area (TPSA) is 20.3 Å². The molecule has 0 atom stereocenters. The normalized spacial score (nSPS) is 10.7. The van der Waals surface area contributed by atoms with E-state index in [4.69, 9.17) is 0 Å². The van der Waals surface area contributed by atoms with Crippen molar-refractivity contribution in [2.24, 2.45) is 0 Å². The van der Waals surface area contributed by atoms with E-state index in [0.717, 1.165) is 19.4 Å². The zero-order valence-corrected chi connectivity index (χ0v) is 19.5. The van der Waals surface area contributed by atoms with Crippen molar-refractivity contribution < 1.29 is 4.79 Å². The molecule has 0 N–H and O–H groups in total. The first-order valence-corrected chi connectivity index (χ1v) is 11.8. The summed E-state index contributed by atoms with van der Waals surface area (Å²) < 4.78 is 0. The number of unbranched alkanes of at least 4 members (excludes halogenated alkanes) is 2. The van der Waals surface area contributed by atoms with Crippen molar-refractivity contribution in [2.45, 2.75) is 45.4 Å². The summed E-state index contributed by atoms with van der Waals surface area (Å²) in [6.07, 6.45) is 8.29. The van der Waals surface area contributed by atoms with Crippen LogP contribution in [0.5, 0.6) is 0 Å². The van der Waals surface area contributed by atoms with Gasteiger partial charge in [0.05, 0.1) is 0 Å². The fourth-order valence-corrected chi connectivity index (χ4v) is 3.95. The van der Waals surface area contributed by atoms with Gasteiger partial charge in [0.2, 0.25) is 5.91 Å². The molecule has 0 fully saturated rings. The van der Waals surface area contributed by atoms with Crippen molar-refractivity contribution in [1.82, 2.24) is 4.90 Å². The Hall–Kier alpha value is -3.13. The zero-order valence-electron chi connectivity index (χ0n) is 19.5. The molecule has 0 radical (unpaired) electrons. The largest absolute Gasteiger partial charge is 0.342 e. The SMILES string of the molecule is C=CC(=O)N(C)CCCc1ccc(-c2ccc(-c3ccc(CCCCC)cc3)cc2)cc1. The third kappa shape index (κ3) is 6.68. The summed E-state index contributed by atoms with van der Waals surface area (Å²) in [7, 11) is 1.82. The Balaban J connectivity index is 1.56. The smallest absolute Gasteiger partial charge is 0.245 e. The first-order valence-electron chi connectivity index (χ1n) is 11.8. The highest BCUT2D eigenvalue weighted by atomic mass is 16.2. The van der Waals surface area contributed by atoms with Crippen LogP contribution < -0.4 is 0 Å². The van der Waals surface area contributed by atoms with Crippen LogP contribution in [0.25, 0.3) is 22.3 Å². The monoisotopic (exact) mass is 425 g/mol. The van der Waals surface area contributed by atoms with Gasteiger partial charge in [-0.2, -0.15) is 0 Å². The molecule has 0 unspecified atom stereocenters. The maximum Gasteiger partial charge on any atom is 0.245 e. The number of amides is 1. The number of aryl methyl sites for hydroxylation is 2. The number of likely N-dealkylation sites (N-methyl/N-ethyl adjacent to an activating group) is 1. The summed E-state index contributed by atoms with van der Waals surface area (Å²) in [6, 6.07) is 26.6. The van der Waals surface area contributed by atoms with Crippen molar-refractivity contribution in [3.63, 3.8) is 0 Å². The highest BCUT2D eigenvalue weighted by Crippen LogP contribution is 2.26. The minimum absolute atomic E-state index is 0.0216. The fraction of sp³-hybridized carbons (Fsp3) is 0.300. The average molecular weight is 426 g/mol. The highest BCUT2D eigenvalue weighted by Gasteiger charge is 2.05. The van der Waals surface area contributed by atoms with Crippen molar-refractivity contribution in [2.75, 3.05) is 13.6 Å². The predicted octanol–water partition coefficient (Wildman–Crippen LogP) is 7.33. The molecule has 0 heterocycles. The second-order valence-electron chi connectivity index (χ2n) is 8.50. The van der Waals surface area contributed by atoms with Gasteiger partial charge in [-0.3, -0.25) is 4.79 Å². The van der Waals surface area contributed by atoms with Gasteiger partial charge in [0, 0.05) is 13.6 Å². The first kappa shape index (κ1) is 23.5. The summed E-state index contributed by atoms with van der Waals surface area (Å²) in [5.41, 5.74) is 7.70. The molecule has 2 heteroatoms. The number of carbonyl (C=O) groups excluding carboxylic acids is 1. The van der Waals surface area contributed by atoms with E-state index in [1.807, 2.05) is 7.05 Å². The average Bonchev–Trinajstić information content (AvgIpc) is 2.84. The molecule has 0 saturated heterocycles. The standard InChI is InChI=1S/C30H35NO/c1-4-6-7-9-24-11-15-26(16-12-24)28-19-21-29(22-20-28)27-17-13-25(14-18-27)10-8-23-31(3)30(32)5-2/h5,11-22H,2,4,6-10,23H2,1,3H3. The van der Waals surface area contributed by atoms with Crippen LogP contribution in [0.2, 0.25) is 0 Å². The lowest BCUT2D eigenvalue weighted by molar-refractivity contribution is -0.124. The predicted molar refractivity (Wildman–Crippen MR) is 137 cm³/mol. The van der Waals surface area contributed by atoms with E-state index >= 15 is 0 Å². The summed E-state index contributed by atoms with van der Waals surface area (Å²) in [5.74, 6) is -0.0216. The lowest BCUT2D eigenvalue weighted by Crippen LogP contribution is -2.25. The maximum atomic E-state index is 11.5. The van der Waals surface area contributed by atoms with E-state index in [2.05, 4.69) is 86.3 Å². The zero-order chi connectivity index (χ0) is 22.8. The van der Waals surface area contributed by atoms with Crippen LogP contribution in [-0.4, -0.2) is 24.4 Å². The van der Waals surface area contributed by atoms with Crippen molar-refractivity contribution in [3.8, 4) is 22.3 Å². The Morgan fingerprint density at radius 1 is 0.719 bits per heavy atom. The molecule has 3 aromatic rings. The fourth-order valence-electron chi connectivity index (χ4n) is 3.95. The van der Waals surface area contributed by atoms with E-state index in [1.165, 1.54) is 65.1 Å². The third-order valence-electron chi connectivity index (χ3n) is 6.04. The lowest BCUT2D eigenvalue weighted by atomic mass is 9.98. The van der Waals surface area contributed by atoms with Crippen LogP contribution in [0, 0.1) is 0 Å². The molecule has 3 aromatic carbocycles. The van der Waals surface area contributed by atoms with E-state index in [-0.39, 0.29) is 5.91 Å². The molecule has 0 aliphatic carbocycles. The molecule has 2 nitrogen and oxygen atoms in total. The third-order valence-corrected chi connectivity index (χ3v) is 6.04. The van der Waals surface area contributed by atoms with Crippen LogP contribution in [0.4, 0.5) is 0 Å². The van der Waals surface area contributed by atoms with Gasteiger partial charge in [-0.1, -0.05) is 99.1 Å². The van der Waals surface area contributed by atoms with Gasteiger partial charge >= 0.3 is 0 Å². The van der Waals surface area contributed by atoms with Crippen LogP contribution in [0.1, 0.15) is 43.7 Å². The van der Waals surface area contributed by atoms with Gasteiger partial charge in [-0.05, 0) is 65.1 Å². The van der Waals surface area contributed by atoms with Gasteiger partial charge in [0.25, 0.3) is 0 Å². The Morgan fingerprint density at radius 3 is 1.53 bits per heavy atom. The second-order valence-corrected chi connectivity index (χ2v) is 8.50. The Bertz CT molecular complexity index is 985. The Labute approximate surface area is 193 Å². The van der Waals surface area contributed by atoms with Gasteiger partial charge in [-0.25, -0.2) is 0 Å². The van der Waals surface area contributed by atoms with Crippen molar-refractivity contribution in [1.29, 1.82) is 0 Å².